The molecular weight excluding hydrogens is 232 g/mol. The summed E-state index contributed by atoms with van der Waals surface area (Å²) >= 11 is 0. The predicted molar refractivity (Wildman–Crippen MR) is 65.2 cm³/mol. The molecule has 0 atom stereocenters. The van der Waals surface area contributed by atoms with Crippen LogP contribution >= 0.6 is 0 Å². The monoisotopic (exact) mass is 246 g/mol. The zero-order valence-electron chi connectivity index (χ0n) is 10.3. The number of carbonyl (C=O) groups is 1. The summed E-state index contributed by atoms with van der Waals surface area (Å²) in [4.78, 5) is 15.9. The Labute approximate surface area is 105 Å². The highest BCUT2D eigenvalue weighted by Crippen LogP contribution is 2.13. The first-order valence-electron chi connectivity index (χ1n) is 5.45. The molecule has 1 N–H and O–H groups in total. The molecule has 6 nitrogen and oxygen atoms in total. The highest BCUT2D eigenvalue weighted by molar-refractivity contribution is 5.93. The van der Waals surface area contributed by atoms with Crippen molar-refractivity contribution in [2.24, 2.45) is 7.05 Å². The van der Waals surface area contributed by atoms with E-state index < -0.39 is 0 Å². The van der Waals surface area contributed by atoms with Crippen LogP contribution in [0.2, 0.25) is 0 Å². The largest absolute Gasteiger partial charge is 0.481 e. The Kier molecular flexibility index (Phi) is 3.57. The first-order valence-corrected chi connectivity index (χ1v) is 5.45. The molecule has 18 heavy (non-hydrogen) atoms. The maximum Gasteiger partial charge on any atom is 0.254 e. The minimum atomic E-state index is -0.172. The van der Waals surface area contributed by atoms with Crippen molar-refractivity contribution >= 4 is 5.91 Å². The maximum atomic E-state index is 11.8. The minimum absolute atomic E-state index is 0.172. The number of pyridine rings is 1. The van der Waals surface area contributed by atoms with Crippen LogP contribution in [0.4, 0.5) is 0 Å². The Balaban J connectivity index is 2.01. The van der Waals surface area contributed by atoms with Gasteiger partial charge >= 0.3 is 0 Å². The molecule has 0 unspecified atom stereocenters. The number of carbonyl (C=O) groups excluding carboxylic acids is 1. The topological polar surface area (TPSA) is 69.0 Å². The number of amides is 1. The zero-order chi connectivity index (χ0) is 13.0. The first-order chi connectivity index (χ1) is 8.70. The van der Waals surface area contributed by atoms with Crippen LogP contribution in [0, 0.1) is 0 Å². The van der Waals surface area contributed by atoms with Gasteiger partial charge in [0.05, 0.1) is 18.9 Å². The molecule has 1 amide bonds. The van der Waals surface area contributed by atoms with Crippen LogP contribution in [0.15, 0.2) is 30.7 Å². The Morgan fingerprint density at radius 2 is 2.39 bits per heavy atom. The van der Waals surface area contributed by atoms with E-state index in [2.05, 4.69) is 15.4 Å². The van der Waals surface area contributed by atoms with E-state index in [1.54, 1.807) is 37.3 Å². The number of nitrogens with zero attached hydrogens (tertiary/aromatic N) is 3. The standard InChI is InChI=1S/C12H14N4O2/c1-16-8-10(7-15-16)11(17)14-6-9-4-3-5-13-12(9)18-2/h3-5,7-8H,6H2,1-2H3,(H,14,17). The lowest BCUT2D eigenvalue weighted by molar-refractivity contribution is 0.0950. The summed E-state index contributed by atoms with van der Waals surface area (Å²) in [5.74, 6) is 0.345. The average molecular weight is 246 g/mol. The Bertz CT molecular complexity index is 551. The van der Waals surface area contributed by atoms with Crippen LogP contribution in [0.3, 0.4) is 0 Å². The number of aromatic nitrogens is 3. The van der Waals surface area contributed by atoms with Gasteiger partial charge in [-0.15, -0.1) is 0 Å². The van der Waals surface area contributed by atoms with Gasteiger partial charge in [-0.2, -0.15) is 5.10 Å². The molecule has 2 heterocycles. The van der Waals surface area contributed by atoms with E-state index in [-0.39, 0.29) is 5.91 Å². The van der Waals surface area contributed by atoms with Crippen molar-refractivity contribution in [2.45, 2.75) is 6.54 Å². The van der Waals surface area contributed by atoms with Gasteiger partial charge in [0.2, 0.25) is 5.88 Å². The first kappa shape index (κ1) is 12.1. The second kappa shape index (κ2) is 5.31. The van der Waals surface area contributed by atoms with Crippen molar-refractivity contribution < 1.29 is 9.53 Å². The van der Waals surface area contributed by atoms with Crippen molar-refractivity contribution in [3.8, 4) is 5.88 Å². The molecule has 6 heteroatoms. The Hall–Kier alpha value is -2.37. The van der Waals surface area contributed by atoms with Gasteiger partial charge in [-0.25, -0.2) is 4.98 Å². The van der Waals surface area contributed by atoms with Gasteiger partial charge in [-0.05, 0) is 6.07 Å². The SMILES string of the molecule is COc1ncccc1CNC(=O)c1cnn(C)c1. The van der Waals surface area contributed by atoms with E-state index in [1.807, 2.05) is 6.07 Å². The molecule has 2 aromatic rings. The third kappa shape index (κ3) is 2.65. The van der Waals surface area contributed by atoms with Crippen LogP contribution in [0.1, 0.15) is 15.9 Å². The van der Waals surface area contributed by atoms with E-state index >= 15 is 0 Å². The third-order valence-electron chi connectivity index (χ3n) is 2.45. The molecule has 0 saturated heterocycles. The molecule has 0 aliphatic heterocycles. The maximum absolute atomic E-state index is 11.8. The van der Waals surface area contributed by atoms with Gasteiger partial charge in [-0.3, -0.25) is 9.48 Å². The number of ether oxygens (including phenoxy) is 1. The zero-order valence-corrected chi connectivity index (χ0v) is 10.3. The van der Waals surface area contributed by atoms with Gasteiger partial charge in [0.25, 0.3) is 5.91 Å². The third-order valence-corrected chi connectivity index (χ3v) is 2.45. The summed E-state index contributed by atoms with van der Waals surface area (Å²) in [7, 11) is 3.32. The number of nitrogens with one attached hydrogen (secondary N) is 1. The van der Waals surface area contributed by atoms with E-state index in [0.29, 0.717) is 18.0 Å². The fourth-order valence-corrected chi connectivity index (χ4v) is 1.56. The molecule has 0 aliphatic rings. The smallest absolute Gasteiger partial charge is 0.254 e. The lowest BCUT2D eigenvalue weighted by atomic mass is 10.2. The number of methoxy groups -OCH3 is 1. The van der Waals surface area contributed by atoms with Crippen LogP contribution in [-0.2, 0) is 13.6 Å². The summed E-state index contributed by atoms with van der Waals surface area (Å²) < 4.78 is 6.69. The molecule has 0 aromatic carbocycles. The molecule has 0 bridgehead atoms. The van der Waals surface area contributed by atoms with Crippen LogP contribution in [0.25, 0.3) is 0 Å². The highest BCUT2D eigenvalue weighted by atomic mass is 16.5. The lowest BCUT2D eigenvalue weighted by Crippen LogP contribution is -2.22. The molecule has 0 spiro atoms. The minimum Gasteiger partial charge on any atom is -0.481 e. The van der Waals surface area contributed by atoms with Gasteiger partial charge in [0.1, 0.15) is 0 Å². The van der Waals surface area contributed by atoms with Crippen molar-refractivity contribution in [2.75, 3.05) is 7.11 Å². The quantitative estimate of drug-likeness (QED) is 0.864. The highest BCUT2D eigenvalue weighted by Gasteiger charge is 2.09. The van der Waals surface area contributed by atoms with Gasteiger partial charge < -0.3 is 10.1 Å². The second-order valence-electron chi connectivity index (χ2n) is 3.76. The molecular formula is C12H14N4O2. The Morgan fingerprint density at radius 3 is 3.06 bits per heavy atom. The average Bonchev–Trinajstić information content (AvgIpc) is 2.83. The molecule has 0 saturated carbocycles. The summed E-state index contributed by atoms with van der Waals surface area (Å²) in [6.07, 6.45) is 4.83. The van der Waals surface area contributed by atoms with E-state index in [0.717, 1.165) is 5.56 Å². The van der Waals surface area contributed by atoms with Crippen molar-refractivity contribution in [3.63, 3.8) is 0 Å². The predicted octanol–water partition coefficient (Wildman–Crippen LogP) is 0.754. The molecule has 2 aromatic heterocycles. The van der Waals surface area contributed by atoms with E-state index in [1.165, 1.54) is 6.20 Å². The number of hydrogen-bond donors (Lipinski definition) is 1. The van der Waals surface area contributed by atoms with Crippen molar-refractivity contribution in [1.82, 2.24) is 20.1 Å². The molecule has 0 aliphatic carbocycles. The summed E-state index contributed by atoms with van der Waals surface area (Å²) in [5, 5.41) is 6.74. The number of aryl methyl sites for hydroxylation is 1. The number of rotatable bonds is 4. The van der Waals surface area contributed by atoms with Gasteiger partial charge in [-0.1, -0.05) is 6.07 Å². The molecule has 2 rings (SSSR count). The normalized spacial score (nSPS) is 10.1. The van der Waals surface area contributed by atoms with Crippen LogP contribution in [0.5, 0.6) is 5.88 Å². The van der Waals surface area contributed by atoms with Crippen molar-refractivity contribution in [3.05, 3.63) is 41.9 Å². The summed E-state index contributed by atoms with van der Waals surface area (Å²) in [5.41, 5.74) is 1.36. The molecule has 0 fully saturated rings. The van der Waals surface area contributed by atoms with Gasteiger partial charge in [0.15, 0.2) is 0 Å². The van der Waals surface area contributed by atoms with E-state index in [9.17, 15) is 4.79 Å². The second-order valence-corrected chi connectivity index (χ2v) is 3.76. The molecule has 94 valence electrons. The molecule has 0 radical (unpaired) electrons. The summed E-state index contributed by atoms with van der Waals surface area (Å²) in [6.45, 7) is 0.366. The van der Waals surface area contributed by atoms with Gasteiger partial charge in [0, 0.05) is 31.5 Å². The number of hydrogen-bond acceptors (Lipinski definition) is 4. The van der Waals surface area contributed by atoms with Crippen LogP contribution < -0.4 is 10.1 Å². The lowest BCUT2D eigenvalue weighted by Gasteiger charge is -2.07. The summed E-state index contributed by atoms with van der Waals surface area (Å²) in [6, 6.07) is 3.66. The Morgan fingerprint density at radius 1 is 1.56 bits per heavy atom. The fourth-order valence-electron chi connectivity index (χ4n) is 1.56. The fraction of sp³-hybridized carbons (Fsp3) is 0.250. The van der Waals surface area contributed by atoms with E-state index in [4.69, 9.17) is 4.74 Å². The van der Waals surface area contributed by atoms with Crippen molar-refractivity contribution in [1.29, 1.82) is 0 Å². The van der Waals surface area contributed by atoms with Crippen LogP contribution in [-0.4, -0.2) is 27.8 Å².